The molecule has 0 saturated carbocycles. The molecule has 186 valence electrons. The van der Waals surface area contributed by atoms with Crippen LogP contribution in [0, 0.1) is 20.8 Å². The first kappa shape index (κ1) is 25.0. The zero-order valence-electron chi connectivity index (χ0n) is 21.5. The van der Waals surface area contributed by atoms with Gasteiger partial charge in [-0.3, -0.25) is 14.3 Å². The third-order valence-electron chi connectivity index (χ3n) is 6.63. The van der Waals surface area contributed by atoms with E-state index in [9.17, 15) is 14.4 Å². The van der Waals surface area contributed by atoms with Gasteiger partial charge in [-0.05, 0) is 62.6 Å². The van der Waals surface area contributed by atoms with E-state index >= 15 is 0 Å². The Hall–Kier alpha value is -4.13. The van der Waals surface area contributed by atoms with Crippen molar-refractivity contribution in [3.63, 3.8) is 0 Å². The molecule has 0 spiro atoms. The molecule has 0 aliphatic heterocycles. The van der Waals surface area contributed by atoms with Crippen LogP contribution in [-0.4, -0.2) is 32.3 Å². The highest BCUT2D eigenvalue weighted by Crippen LogP contribution is 2.23. The van der Waals surface area contributed by atoms with Crippen LogP contribution in [0.4, 0.5) is 0 Å². The van der Waals surface area contributed by atoms with Crippen LogP contribution < -0.4 is 5.56 Å². The number of aryl methyl sites for hydroxylation is 1. The van der Waals surface area contributed by atoms with Gasteiger partial charge in [-0.25, -0.2) is 9.48 Å². The molecule has 0 aliphatic rings. The third kappa shape index (κ3) is 4.44. The van der Waals surface area contributed by atoms with Gasteiger partial charge in [0.2, 0.25) is 5.78 Å². The van der Waals surface area contributed by atoms with Gasteiger partial charge >= 0.3 is 5.97 Å². The number of ether oxygens (including phenoxy) is 1. The summed E-state index contributed by atoms with van der Waals surface area (Å²) >= 11 is 0. The average molecular weight is 486 g/mol. The lowest BCUT2D eigenvalue weighted by Crippen LogP contribution is -2.22. The summed E-state index contributed by atoms with van der Waals surface area (Å²) in [6.07, 6.45) is 0. The second-order valence-electron chi connectivity index (χ2n) is 9.31. The van der Waals surface area contributed by atoms with Crippen molar-refractivity contribution in [2.75, 3.05) is 6.61 Å². The summed E-state index contributed by atoms with van der Waals surface area (Å²) in [5, 5.41) is 0. The van der Waals surface area contributed by atoms with Gasteiger partial charge in [0.05, 0.1) is 16.9 Å². The number of aromatic nitrogens is 3. The molecule has 7 heteroatoms. The molecule has 2 aromatic carbocycles. The number of hydrogen-bond acceptors (Lipinski definition) is 4. The molecule has 0 fully saturated rings. The van der Waals surface area contributed by atoms with Crippen LogP contribution in [0.15, 0.2) is 65.5 Å². The van der Waals surface area contributed by atoms with Crippen LogP contribution in [0.3, 0.4) is 0 Å². The predicted molar refractivity (Wildman–Crippen MR) is 140 cm³/mol. The van der Waals surface area contributed by atoms with Crippen molar-refractivity contribution < 1.29 is 14.3 Å². The van der Waals surface area contributed by atoms with Gasteiger partial charge in [-0.15, -0.1) is 0 Å². The minimum absolute atomic E-state index is 0.182. The number of benzene rings is 2. The summed E-state index contributed by atoms with van der Waals surface area (Å²) in [7, 11) is 1.83. The number of nitrogens with zero attached hydrogens (tertiary/aromatic N) is 3. The summed E-state index contributed by atoms with van der Waals surface area (Å²) in [4.78, 5) is 39.0. The molecular formula is C29H31N3O4. The predicted octanol–water partition coefficient (Wildman–Crippen LogP) is 5.06. The minimum Gasteiger partial charge on any atom is -0.454 e. The summed E-state index contributed by atoms with van der Waals surface area (Å²) < 4.78 is 10.5. The Bertz CT molecular complexity index is 1490. The van der Waals surface area contributed by atoms with Crippen LogP contribution in [-0.2, 0) is 11.8 Å². The van der Waals surface area contributed by atoms with E-state index in [2.05, 4.69) is 13.8 Å². The molecule has 0 unspecified atom stereocenters. The van der Waals surface area contributed by atoms with E-state index in [1.807, 2.05) is 63.4 Å². The van der Waals surface area contributed by atoms with Crippen LogP contribution in [0.25, 0.3) is 11.4 Å². The van der Waals surface area contributed by atoms with Crippen LogP contribution in [0.1, 0.15) is 63.1 Å². The number of rotatable bonds is 7. The maximum absolute atomic E-state index is 13.5. The third-order valence-corrected chi connectivity index (χ3v) is 6.63. The normalized spacial score (nSPS) is 11.2. The lowest BCUT2D eigenvalue weighted by Gasteiger charge is -2.09. The molecule has 2 aromatic heterocycles. The maximum atomic E-state index is 13.5. The van der Waals surface area contributed by atoms with E-state index in [-0.39, 0.29) is 17.9 Å². The highest BCUT2D eigenvalue weighted by Gasteiger charge is 2.24. The number of ketones is 1. The number of esters is 1. The van der Waals surface area contributed by atoms with E-state index in [1.165, 1.54) is 0 Å². The Labute approximate surface area is 210 Å². The average Bonchev–Trinajstić information content (AvgIpc) is 3.28. The zero-order chi connectivity index (χ0) is 26.1. The van der Waals surface area contributed by atoms with E-state index in [0.29, 0.717) is 28.4 Å². The monoisotopic (exact) mass is 485 g/mol. The zero-order valence-corrected chi connectivity index (χ0v) is 21.5. The summed E-state index contributed by atoms with van der Waals surface area (Å²) in [6.45, 7) is 9.31. The van der Waals surface area contributed by atoms with Gasteiger partial charge in [0.25, 0.3) is 5.56 Å². The highest BCUT2D eigenvalue weighted by molar-refractivity contribution is 6.00. The number of Topliss-reactive ketones (excluding diaryl/α,β-unsaturated/α-hetero) is 1. The lowest BCUT2D eigenvalue weighted by molar-refractivity contribution is 0.0474. The molecule has 0 amide bonds. The largest absolute Gasteiger partial charge is 0.454 e. The number of hydrogen-bond donors (Lipinski definition) is 0. The standard InChI is InChI=1S/C29H31N3O4/c1-18(2)22-12-14-23(15-13-22)29(35)36-17-26(33)25-16-19(3)31(20(25)4)27-21(5)30(6)32(28(27)34)24-10-8-7-9-11-24/h7-16,18H,17H2,1-6H3. The first-order valence-electron chi connectivity index (χ1n) is 12.0. The fourth-order valence-corrected chi connectivity index (χ4v) is 4.50. The Morgan fingerprint density at radius 1 is 0.917 bits per heavy atom. The second kappa shape index (κ2) is 9.85. The van der Waals surface area contributed by atoms with Crippen molar-refractivity contribution in [3.05, 3.63) is 105 Å². The summed E-state index contributed by atoms with van der Waals surface area (Å²) in [5.74, 6) is -0.507. The fourth-order valence-electron chi connectivity index (χ4n) is 4.50. The van der Waals surface area contributed by atoms with Gasteiger partial charge in [0, 0.05) is 24.0 Å². The van der Waals surface area contributed by atoms with Gasteiger partial charge in [-0.1, -0.05) is 44.2 Å². The number of para-hydroxylation sites is 1. The Balaban J connectivity index is 1.60. The first-order chi connectivity index (χ1) is 17.1. The van der Waals surface area contributed by atoms with Gasteiger partial charge in [0.1, 0.15) is 5.69 Å². The topological polar surface area (TPSA) is 75.2 Å². The highest BCUT2D eigenvalue weighted by atomic mass is 16.5. The van der Waals surface area contributed by atoms with Crippen molar-refractivity contribution in [2.45, 2.75) is 40.5 Å². The van der Waals surface area contributed by atoms with Gasteiger partial charge in [-0.2, -0.15) is 0 Å². The van der Waals surface area contributed by atoms with E-state index in [0.717, 1.165) is 22.6 Å². The quantitative estimate of drug-likeness (QED) is 0.271. The molecular weight excluding hydrogens is 454 g/mol. The van der Waals surface area contributed by atoms with E-state index in [4.69, 9.17) is 4.74 Å². The number of carbonyl (C=O) groups excluding carboxylic acids is 2. The maximum Gasteiger partial charge on any atom is 0.338 e. The molecule has 0 N–H and O–H groups in total. The minimum atomic E-state index is -0.544. The van der Waals surface area contributed by atoms with Crippen molar-refractivity contribution in [1.82, 2.24) is 13.9 Å². The summed E-state index contributed by atoms with van der Waals surface area (Å²) in [6, 6.07) is 18.4. The SMILES string of the molecule is Cc1cc(C(=O)COC(=O)c2ccc(C(C)C)cc2)c(C)n1-c1c(C)n(C)n(-c2ccccc2)c1=O. The Morgan fingerprint density at radius 3 is 2.17 bits per heavy atom. The molecule has 0 bridgehead atoms. The van der Waals surface area contributed by atoms with Crippen LogP contribution in [0.2, 0.25) is 0 Å². The van der Waals surface area contributed by atoms with Crippen LogP contribution in [0.5, 0.6) is 0 Å². The smallest absolute Gasteiger partial charge is 0.338 e. The van der Waals surface area contributed by atoms with Crippen molar-refractivity contribution in [3.8, 4) is 11.4 Å². The molecule has 4 rings (SSSR count). The molecule has 0 aliphatic carbocycles. The molecule has 0 atom stereocenters. The summed E-state index contributed by atoms with van der Waals surface area (Å²) in [5.41, 5.74) is 5.14. The molecule has 36 heavy (non-hydrogen) atoms. The first-order valence-corrected chi connectivity index (χ1v) is 12.0. The van der Waals surface area contributed by atoms with Gasteiger partial charge in [0.15, 0.2) is 6.61 Å². The molecule has 7 nitrogen and oxygen atoms in total. The second-order valence-corrected chi connectivity index (χ2v) is 9.31. The van der Waals surface area contributed by atoms with Crippen molar-refractivity contribution in [2.24, 2.45) is 7.05 Å². The Kier molecular flexibility index (Phi) is 6.84. The fraction of sp³-hybridized carbons (Fsp3) is 0.276. The van der Waals surface area contributed by atoms with Crippen LogP contribution >= 0.6 is 0 Å². The van der Waals surface area contributed by atoms with Crippen molar-refractivity contribution >= 4 is 11.8 Å². The lowest BCUT2D eigenvalue weighted by atomic mass is 10.0. The molecule has 0 saturated heterocycles. The molecule has 2 heterocycles. The van der Waals surface area contributed by atoms with E-state index < -0.39 is 5.97 Å². The number of carbonyl (C=O) groups is 2. The van der Waals surface area contributed by atoms with Gasteiger partial charge < -0.3 is 9.30 Å². The van der Waals surface area contributed by atoms with E-state index in [1.54, 1.807) is 39.1 Å². The molecule has 4 aromatic rings. The van der Waals surface area contributed by atoms with Crippen molar-refractivity contribution in [1.29, 1.82) is 0 Å². The Morgan fingerprint density at radius 2 is 1.56 bits per heavy atom. The molecule has 0 radical (unpaired) electrons.